The van der Waals surface area contributed by atoms with Crippen LogP contribution in [-0.2, 0) is 14.3 Å². The Morgan fingerprint density at radius 2 is 1.04 bits per heavy atom. The van der Waals surface area contributed by atoms with Crippen LogP contribution >= 0.6 is 0 Å². The van der Waals surface area contributed by atoms with E-state index in [0.29, 0.717) is 6.61 Å². The van der Waals surface area contributed by atoms with Gasteiger partial charge in [-0.15, -0.1) is 0 Å². The molecular weight excluding hydrogens is 344 g/mol. The Morgan fingerprint density at radius 3 is 1.30 bits per heavy atom. The molecule has 5 heteroatoms. The van der Waals surface area contributed by atoms with E-state index in [1.54, 1.807) is 0 Å². The molecule has 27 heavy (non-hydrogen) atoms. The molecule has 0 radical (unpaired) electrons. The van der Waals surface area contributed by atoms with Crippen LogP contribution in [0.1, 0.15) is 105 Å². The second-order valence-corrected chi connectivity index (χ2v) is 6.46. The van der Waals surface area contributed by atoms with E-state index in [1.807, 2.05) is 13.8 Å². The lowest BCUT2D eigenvalue weighted by atomic mass is 10.1. The first-order chi connectivity index (χ1) is 13.1. The number of hydrogen-bond donors (Lipinski definition) is 2. The van der Waals surface area contributed by atoms with Crippen LogP contribution in [0.3, 0.4) is 0 Å². The maximum atomic E-state index is 10.5. The summed E-state index contributed by atoms with van der Waals surface area (Å²) in [6.07, 6.45) is 16.1. The van der Waals surface area contributed by atoms with Crippen LogP contribution in [0.25, 0.3) is 0 Å². The minimum atomic E-state index is -0.155. The number of hydrogen-bond acceptors (Lipinski definition) is 5. The number of aliphatic hydroxyl groups excluding tert-OH is 2. The molecule has 0 bridgehead atoms. The highest BCUT2D eigenvalue weighted by Crippen LogP contribution is 2.11. The van der Waals surface area contributed by atoms with Gasteiger partial charge in [-0.3, -0.25) is 4.79 Å². The second-order valence-electron chi connectivity index (χ2n) is 6.46. The van der Waals surface area contributed by atoms with Gasteiger partial charge in [0.15, 0.2) is 0 Å². The van der Waals surface area contributed by atoms with Gasteiger partial charge in [-0.1, -0.05) is 77.6 Å². The molecule has 0 aliphatic heterocycles. The minimum Gasteiger partial charge on any atom is -0.466 e. The molecule has 0 aliphatic carbocycles. The number of unbranched alkanes of at least 4 members (excludes halogenated alkanes) is 11. The summed E-state index contributed by atoms with van der Waals surface area (Å²) in [7, 11) is 0. The molecule has 0 aromatic carbocycles. The minimum absolute atomic E-state index is 0.125. The Bertz CT molecular complexity index is 243. The van der Waals surface area contributed by atoms with Gasteiger partial charge < -0.3 is 19.7 Å². The van der Waals surface area contributed by atoms with Gasteiger partial charge >= 0.3 is 5.97 Å². The van der Waals surface area contributed by atoms with Crippen molar-refractivity contribution < 1.29 is 24.5 Å². The van der Waals surface area contributed by atoms with Gasteiger partial charge in [0.05, 0.1) is 19.8 Å². The molecule has 0 rings (SSSR count). The third-order valence-electron chi connectivity index (χ3n) is 3.81. The van der Waals surface area contributed by atoms with E-state index in [0.717, 1.165) is 19.6 Å². The fraction of sp³-hybridized carbons (Fsp3) is 0.955. The summed E-state index contributed by atoms with van der Waals surface area (Å²) in [6.45, 7) is 9.76. The van der Waals surface area contributed by atoms with E-state index in [-0.39, 0.29) is 19.2 Å². The van der Waals surface area contributed by atoms with Crippen molar-refractivity contribution in [3.05, 3.63) is 0 Å². The molecule has 0 amide bonds. The average Bonchev–Trinajstić information content (AvgIpc) is 2.66. The van der Waals surface area contributed by atoms with E-state index < -0.39 is 0 Å². The summed E-state index contributed by atoms with van der Waals surface area (Å²) in [5.74, 6) is -0.155. The Morgan fingerprint density at radius 1 is 0.667 bits per heavy atom. The number of carbonyl (C=O) groups is 1. The Kier molecular flexibility index (Phi) is 37.9. The second kappa shape index (κ2) is 33.0. The molecular formula is C22H48O5. The topological polar surface area (TPSA) is 76.0 Å². The molecule has 0 fully saturated rings. The third kappa shape index (κ3) is 45.9. The number of ether oxygens (including phenoxy) is 2. The highest BCUT2D eigenvalue weighted by molar-refractivity contribution is 5.65. The molecule has 0 aliphatic rings. The molecule has 5 nitrogen and oxygen atoms in total. The molecule has 0 saturated heterocycles. The SMILES string of the molecule is CCCCCCCCCCCCCCOC(C)=O.CCOCC.OCCO. The van der Waals surface area contributed by atoms with Gasteiger partial charge in [0.25, 0.3) is 0 Å². The molecule has 2 N–H and O–H groups in total. The van der Waals surface area contributed by atoms with Crippen LogP contribution in [0.2, 0.25) is 0 Å². The predicted octanol–water partition coefficient (Wildman–Crippen LogP) is 5.26. The first-order valence-electron chi connectivity index (χ1n) is 11.0. The summed E-state index contributed by atoms with van der Waals surface area (Å²) in [4.78, 5) is 10.5. The van der Waals surface area contributed by atoms with E-state index in [4.69, 9.17) is 19.7 Å². The zero-order chi connectivity index (χ0) is 21.0. The van der Waals surface area contributed by atoms with E-state index in [9.17, 15) is 4.79 Å². The van der Waals surface area contributed by atoms with Crippen LogP contribution in [0.15, 0.2) is 0 Å². The highest BCUT2D eigenvalue weighted by Gasteiger charge is 1.95. The van der Waals surface area contributed by atoms with Crippen molar-refractivity contribution in [1.29, 1.82) is 0 Å². The number of rotatable bonds is 16. The average molecular weight is 393 g/mol. The molecule has 0 heterocycles. The van der Waals surface area contributed by atoms with Crippen LogP contribution in [0.4, 0.5) is 0 Å². The monoisotopic (exact) mass is 392 g/mol. The van der Waals surface area contributed by atoms with Crippen molar-refractivity contribution in [2.45, 2.75) is 105 Å². The summed E-state index contributed by atoms with van der Waals surface area (Å²) < 4.78 is 9.73. The predicted molar refractivity (Wildman–Crippen MR) is 114 cm³/mol. The molecule has 0 saturated carbocycles. The maximum absolute atomic E-state index is 10.5. The zero-order valence-electron chi connectivity index (χ0n) is 18.6. The van der Waals surface area contributed by atoms with Crippen LogP contribution in [-0.4, -0.2) is 49.2 Å². The molecule has 0 aromatic rings. The fourth-order valence-corrected chi connectivity index (χ4v) is 2.36. The quantitative estimate of drug-likeness (QED) is 0.277. The lowest BCUT2D eigenvalue weighted by molar-refractivity contribution is -0.141. The summed E-state index contributed by atoms with van der Waals surface area (Å²) in [5.41, 5.74) is 0. The van der Waals surface area contributed by atoms with Gasteiger partial charge in [0, 0.05) is 20.1 Å². The summed E-state index contributed by atoms with van der Waals surface area (Å²) in [5, 5.41) is 15.2. The van der Waals surface area contributed by atoms with Crippen molar-refractivity contribution in [3.8, 4) is 0 Å². The van der Waals surface area contributed by atoms with E-state index in [2.05, 4.69) is 6.92 Å². The van der Waals surface area contributed by atoms with Crippen molar-refractivity contribution in [3.63, 3.8) is 0 Å². The zero-order valence-corrected chi connectivity index (χ0v) is 18.6. The van der Waals surface area contributed by atoms with E-state index in [1.165, 1.54) is 77.6 Å². The lowest BCUT2D eigenvalue weighted by Gasteiger charge is -2.03. The van der Waals surface area contributed by atoms with Gasteiger partial charge in [0.1, 0.15) is 0 Å². The number of esters is 1. The van der Waals surface area contributed by atoms with Crippen LogP contribution in [0.5, 0.6) is 0 Å². The van der Waals surface area contributed by atoms with Crippen molar-refractivity contribution in [1.82, 2.24) is 0 Å². The van der Waals surface area contributed by atoms with Crippen molar-refractivity contribution in [2.75, 3.05) is 33.0 Å². The summed E-state index contributed by atoms with van der Waals surface area (Å²) >= 11 is 0. The van der Waals surface area contributed by atoms with Crippen molar-refractivity contribution >= 4 is 5.97 Å². The number of carbonyl (C=O) groups excluding carboxylic acids is 1. The molecule has 0 spiro atoms. The normalized spacial score (nSPS) is 9.70. The smallest absolute Gasteiger partial charge is 0.302 e. The molecule has 166 valence electrons. The first kappa shape index (κ1) is 31.1. The molecule has 0 unspecified atom stereocenters. The third-order valence-corrected chi connectivity index (χ3v) is 3.81. The Labute approximate surface area is 168 Å². The molecule has 0 atom stereocenters. The van der Waals surface area contributed by atoms with Gasteiger partial charge in [-0.05, 0) is 20.3 Å². The largest absolute Gasteiger partial charge is 0.466 e. The van der Waals surface area contributed by atoms with Gasteiger partial charge in [0.2, 0.25) is 0 Å². The summed E-state index contributed by atoms with van der Waals surface area (Å²) in [6, 6.07) is 0. The first-order valence-corrected chi connectivity index (χ1v) is 11.0. The van der Waals surface area contributed by atoms with Crippen LogP contribution in [0, 0.1) is 0 Å². The van der Waals surface area contributed by atoms with Crippen LogP contribution < -0.4 is 0 Å². The lowest BCUT2D eigenvalue weighted by Crippen LogP contribution is -2.00. The standard InChI is InChI=1S/C16H32O2.C4H10O.C2H6O2/c1-3-4-5-6-7-8-9-10-11-12-13-14-15-18-16(2)17;1-3-5-4-2;3-1-2-4/h3-15H2,1-2H3;3-4H2,1-2H3;3-4H,1-2H2. The Hall–Kier alpha value is -0.650. The fourth-order valence-electron chi connectivity index (χ4n) is 2.36. The number of aliphatic hydroxyl groups is 2. The van der Waals surface area contributed by atoms with Crippen molar-refractivity contribution in [2.24, 2.45) is 0 Å². The van der Waals surface area contributed by atoms with E-state index >= 15 is 0 Å². The Balaban J connectivity index is -0.000000528. The highest BCUT2D eigenvalue weighted by atomic mass is 16.5. The van der Waals surface area contributed by atoms with Gasteiger partial charge in [-0.2, -0.15) is 0 Å². The maximum Gasteiger partial charge on any atom is 0.302 e. The molecule has 0 aromatic heterocycles. The van der Waals surface area contributed by atoms with Gasteiger partial charge in [-0.25, -0.2) is 0 Å².